The predicted molar refractivity (Wildman–Crippen MR) is 66.8 cm³/mol. The van der Waals surface area contributed by atoms with Crippen LogP contribution in [0, 0.1) is 6.92 Å². The number of benzene rings is 1. The highest BCUT2D eigenvalue weighted by Gasteiger charge is 2.18. The zero-order valence-electron chi connectivity index (χ0n) is 10.3. The van der Waals surface area contributed by atoms with Gasteiger partial charge in [-0.15, -0.1) is 0 Å². The van der Waals surface area contributed by atoms with Crippen molar-refractivity contribution in [1.29, 1.82) is 0 Å². The molecule has 1 saturated carbocycles. The van der Waals surface area contributed by atoms with Gasteiger partial charge in [-0.05, 0) is 45.2 Å². The first-order chi connectivity index (χ1) is 7.81. The molecule has 16 heavy (non-hydrogen) atoms. The van der Waals surface area contributed by atoms with Crippen molar-refractivity contribution in [2.24, 2.45) is 0 Å². The second-order valence-corrected chi connectivity index (χ2v) is 4.62. The fourth-order valence-electron chi connectivity index (χ4n) is 2.38. The van der Waals surface area contributed by atoms with Crippen LogP contribution in [0.15, 0.2) is 18.2 Å². The Labute approximate surface area is 98.0 Å². The van der Waals surface area contributed by atoms with E-state index in [-0.39, 0.29) is 0 Å². The van der Waals surface area contributed by atoms with Gasteiger partial charge in [0.1, 0.15) is 5.75 Å². The lowest BCUT2D eigenvalue weighted by molar-refractivity contribution is 0.206. The molecule has 2 rings (SSSR count). The average Bonchev–Trinajstić information content (AvgIpc) is 2.76. The van der Waals surface area contributed by atoms with E-state index >= 15 is 0 Å². The summed E-state index contributed by atoms with van der Waals surface area (Å²) in [6.07, 6.45) is 5.51. The fourth-order valence-corrected chi connectivity index (χ4v) is 2.38. The quantitative estimate of drug-likeness (QED) is 0.840. The second kappa shape index (κ2) is 5.35. The molecule has 1 aromatic carbocycles. The maximum Gasteiger partial charge on any atom is 0.127 e. The highest BCUT2D eigenvalue weighted by atomic mass is 16.5. The molecule has 0 saturated heterocycles. The number of aryl methyl sites for hydroxylation is 1. The lowest BCUT2D eigenvalue weighted by atomic mass is 10.1. The molecule has 2 nitrogen and oxygen atoms in total. The van der Waals surface area contributed by atoms with Crippen molar-refractivity contribution >= 4 is 0 Å². The maximum atomic E-state index is 6.15. The molecule has 0 radical (unpaired) electrons. The standard InChI is InChI=1S/C14H21NO/c1-11-6-5-7-12(10-15-2)14(11)16-13-8-3-4-9-13/h5-7,13,15H,3-4,8-10H2,1-2H3. The average molecular weight is 219 g/mol. The van der Waals surface area contributed by atoms with E-state index < -0.39 is 0 Å². The van der Waals surface area contributed by atoms with Crippen molar-refractivity contribution in [2.75, 3.05) is 7.05 Å². The summed E-state index contributed by atoms with van der Waals surface area (Å²) in [5.41, 5.74) is 2.52. The van der Waals surface area contributed by atoms with Crippen LogP contribution in [0.2, 0.25) is 0 Å². The lowest BCUT2D eigenvalue weighted by Gasteiger charge is -2.18. The third kappa shape index (κ3) is 2.56. The van der Waals surface area contributed by atoms with Crippen molar-refractivity contribution in [3.8, 4) is 5.75 Å². The normalized spacial score (nSPS) is 16.6. The second-order valence-electron chi connectivity index (χ2n) is 4.62. The van der Waals surface area contributed by atoms with Gasteiger partial charge in [0.25, 0.3) is 0 Å². The Bertz CT molecular complexity index is 343. The summed E-state index contributed by atoms with van der Waals surface area (Å²) in [7, 11) is 1.97. The van der Waals surface area contributed by atoms with Crippen molar-refractivity contribution in [1.82, 2.24) is 5.32 Å². The summed E-state index contributed by atoms with van der Waals surface area (Å²) in [6.45, 7) is 3.01. The Balaban J connectivity index is 2.16. The van der Waals surface area contributed by atoms with Gasteiger partial charge in [0.15, 0.2) is 0 Å². The Morgan fingerprint density at radius 2 is 2.06 bits per heavy atom. The van der Waals surface area contributed by atoms with Crippen LogP contribution in [-0.4, -0.2) is 13.2 Å². The molecular formula is C14H21NO. The Morgan fingerprint density at radius 3 is 2.75 bits per heavy atom. The molecule has 1 aliphatic carbocycles. The van der Waals surface area contributed by atoms with Crippen molar-refractivity contribution in [3.05, 3.63) is 29.3 Å². The van der Waals surface area contributed by atoms with E-state index in [2.05, 4.69) is 30.4 Å². The summed E-state index contributed by atoms with van der Waals surface area (Å²) in [5, 5.41) is 3.20. The van der Waals surface area contributed by atoms with Gasteiger partial charge >= 0.3 is 0 Å². The zero-order valence-corrected chi connectivity index (χ0v) is 10.3. The Morgan fingerprint density at radius 1 is 1.31 bits per heavy atom. The lowest BCUT2D eigenvalue weighted by Crippen LogP contribution is -2.15. The van der Waals surface area contributed by atoms with E-state index in [1.54, 1.807) is 0 Å². The highest BCUT2D eigenvalue weighted by Crippen LogP contribution is 2.29. The first kappa shape index (κ1) is 11.5. The molecule has 0 atom stereocenters. The third-order valence-corrected chi connectivity index (χ3v) is 3.25. The number of para-hydroxylation sites is 1. The van der Waals surface area contributed by atoms with Crippen LogP contribution in [-0.2, 0) is 6.54 Å². The molecule has 2 heteroatoms. The van der Waals surface area contributed by atoms with Gasteiger partial charge in [-0.3, -0.25) is 0 Å². The van der Waals surface area contributed by atoms with Gasteiger partial charge in [-0.1, -0.05) is 18.2 Å². The van der Waals surface area contributed by atoms with Gasteiger partial charge in [0, 0.05) is 12.1 Å². The minimum Gasteiger partial charge on any atom is -0.490 e. The van der Waals surface area contributed by atoms with Gasteiger partial charge in [-0.2, -0.15) is 0 Å². The molecule has 1 aromatic rings. The van der Waals surface area contributed by atoms with Crippen LogP contribution in [0.3, 0.4) is 0 Å². The minimum absolute atomic E-state index is 0.441. The van der Waals surface area contributed by atoms with Crippen LogP contribution >= 0.6 is 0 Å². The summed E-state index contributed by atoms with van der Waals surface area (Å²) in [6, 6.07) is 6.38. The number of rotatable bonds is 4. The van der Waals surface area contributed by atoms with Crippen LogP contribution in [0.4, 0.5) is 0 Å². The maximum absolute atomic E-state index is 6.15. The van der Waals surface area contributed by atoms with E-state index in [1.807, 2.05) is 7.05 Å². The summed E-state index contributed by atoms with van der Waals surface area (Å²) in [4.78, 5) is 0. The highest BCUT2D eigenvalue weighted by molar-refractivity contribution is 5.40. The molecule has 1 N–H and O–H groups in total. The van der Waals surface area contributed by atoms with Crippen molar-refractivity contribution < 1.29 is 4.74 Å². The largest absolute Gasteiger partial charge is 0.490 e. The smallest absolute Gasteiger partial charge is 0.127 e. The van der Waals surface area contributed by atoms with E-state index in [9.17, 15) is 0 Å². The first-order valence-electron chi connectivity index (χ1n) is 6.21. The number of nitrogens with one attached hydrogen (secondary N) is 1. The van der Waals surface area contributed by atoms with Crippen molar-refractivity contribution in [3.63, 3.8) is 0 Å². The van der Waals surface area contributed by atoms with E-state index in [1.165, 1.54) is 36.8 Å². The van der Waals surface area contributed by atoms with Crippen LogP contribution in [0.5, 0.6) is 5.75 Å². The van der Waals surface area contributed by atoms with Gasteiger partial charge in [0.05, 0.1) is 6.10 Å². The van der Waals surface area contributed by atoms with E-state index in [4.69, 9.17) is 4.74 Å². The molecule has 0 spiro atoms. The monoisotopic (exact) mass is 219 g/mol. The molecule has 0 heterocycles. The van der Waals surface area contributed by atoms with Crippen LogP contribution in [0.1, 0.15) is 36.8 Å². The third-order valence-electron chi connectivity index (χ3n) is 3.25. The minimum atomic E-state index is 0.441. The SMILES string of the molecule is CNCc1cccc(C)c1OC1CCCC1. The molecule has 1 fully saturated rings. The summed E-state index contributed by atoms with van der Waals surface area (Å²) < 4.78 is 6.15. The summed E-state index contributed by atoms with van der Waals surface area (Å²) in [5.74, 6) is 1.10. The summed E-state index contributed by atoms with van der Waals surface area (Å²) >= 11 is 0. The number of hydrogen-bond donors (Lipinski definition) is 1. The van der Waals surface area contributed by atoms with Crippen LogP contribution in [0.25, 0.3) is 0 Å². The molecular weight excluding hydrogens is 198 g/mol. The van der Waals surface area contributed by atoms with Crippen molar-refractivity contribution in [2.45, 2.75) is 45.3 Å². The Hall–Kier alpha value is -1.02. The predicted octanol–water partition coefficient (Wildman–Crippen LogP) is 3.04. The topological polar surface area (TPSA) is 21.3 Å². The first-order valence-corrected chi connectivity index (χ1v) is 6.21. The molecule has 1 aliphatic rings. The van der Waals surface area contributed by atoms with E-state index in [0.717, 1.165) is 12.3 Å². The molecule has 0 aromatic heterocycles. The number of ether oxygens (including phenoxy) is 1. The van der Waals surface area contributed by atoms with Gasteiger partial charge in [-0.25, -0.2) is 0 Å². The molecule has 0 unspecified atom stereocenters. The van der Waals surface area contributed by atoms with Gasteiger partial charge < -0.3 is 10.1 Å². The molecule has 88 valence electrons. The van der Waals surface area contributed by atoms with Crippen LogP contribution < -0.4 is 10.1 Å². The fraction of sp³-hybridized carbons (Fsp3) is 0.571. The molecule has 0 aliphatic heterocycles. The van der Waals surface area contributed by atoms with E-state index in [0.29, 0.717) is 6.10 Å². The molecule has 0 bridgehead atoms. The molecule has 0 amide bonds. The van der Waals surface area contributed by atoms with Gasteiger partial charge in [0.2, 0.25) is 0 Å². The zero-order chi connectivity index (χ0) is 11.4. The Kier molecular flexibility index (Phi) is 3.83. The number of hydrogen-bond acceptors (Lipinski definition) is 2.